The van der Waals surface area contributed by atoms with E-state index in [-0.39, 0.29) is 23.6 Å². The van der Waals surface area contributed by atoms with Gasteiger partial charge in [0, 0.05) is 0 Å². The molecule has 0 unspecified atom stereocenters. The number of ether oxygens (including phenoxy) is 1. The van der Waals surface area contributed by atoms with Gasteiger partial charge in [-0.3, -0.25) is 9.59 Å². The van der Waals surface area contributed by atoms with Crippen LogP contribution in [0.2, 0.25) is 0 Å². The standard InChI is InChI=1S/C16H16N2O5S/c17-11-16(7-3-4-8-16)15(20)23-10-9-18-14(19)12-5-1-2-6-13(12)24(18,21)22/h1-2,5-6H,3-4,7-10H2. The lowest BCUT2D eigenvalue weighted by molar-refractivity contribution is -0.152. The van der Waals surface area contributed by atoms with Gasteiger partial charge in [0.2, 0.25) is 0 Å². The average molecular weight is 348 g/mol. The zero-order chi connectivity index (χ0) is 17.4. The Morgan fingerprint density at radius 2 is 1.96 bits per heavy atom. The van der Waals surface area contributed by atoms with E-state index in [0.717, 1.165) is 12.8 Å². The van der Waals surface area contributed by atoms with Gasteiger partial charge in [0.05, 0.1) is 18.2 Å². The molecule has 1 aliphatic carbocycles. The van der Waals surface area contributed by atoms with E-state index >= 15 is 0 Å². The highest BCUT2D eigenvalue weighted by molar-refractivity contribution is 7.90. The average Bonchev–Trinajstić information content (AvgIpc) is 3.14. The van der Waals surface area contributed by atoms with Crippen LogP contribution < -0.4 is 0 Å². The van der Waals surface area contributed by atoms with E-state index in [9.17, 15) is 23.3 Å². The summed E-state index contributed by atoms with van der Waals surface area (Å²) in [6, 6.07) is 7.98. The number of nitriles is 1. The summed E-state index contributed by atoms with van der Waals surface area (Å²) in [6.07, 6.45) is 2.48. The number of carbonyl (C=O) groups is 2. The minimum Gasteiger partial charge on any atom is -0.463 e. The van der Waals surface area contributed by atoms with Crippen molar-refractivity contribution >= 4 is 21.9 Å². The second-order valence-corrected chi connectivity index (χ2v) is 7.75. The molecule has 7 nitrogen and oxygen atoms in total. The highest BCUT2D eigenvalue weighted by Crippen LogP contribution is 2.38. The molecular weight excluding hydrogens is 332 g/mol. The predicted molar refractivity (Wildman–Crippen MR) is 82.1 cm³/mol. The molecule has 3 rings (SSSR count). The number of amides is 1. The van der Waals surface area contributed by atoms with Crippen molar-refractivity contribution in [2.24, 2.45) is 5.41 Å². The molecule has 0 N–H and O–H groups in total. The van der Waals surface area contributed by atoms with E-state index in [0.29, 0.717) is 17.1 Å². The number of hydrogen-bond acceptors (Lipinski definition) is 6. The summed E-state index contributed by atoms with van der Waals surface area (Å²) in [5, 5.41) is 9.23. The Labute approximate surface area is 139 Å². The van der Waals surface area contributed by atoms with E-state index in [1.54, 1.807) is 12.1 Å². The first-order valence-corrected chi connectivity index (χ1v) is 9.11. The van der Waals surface area contributed by atoms with E-state index in [1.165, 1.54) is 12.1 Å². The van der Waals surface area contributed by atoms with Crippen LogP contribution in [-0.2, 0) is 19.6 Å². The molecule has 24 heavy (non-hydrogen) atoms. The van der Waals surface area contributed by atoms with Gasteiger partial charge in [-0.25, -0.2) is 12.7 Å². The molecule has 1 aromatic rings. The largest absolute Gasteiger partial charge is 0.463 e. The van der Waals surface area contributed by atoms with Crippen molar-refractivity contribution in [2.45, 2.75) is 30.6 Å². The highest BCUT2D eigenvalue weighted by Gasteiger charge is 2.44. The molecule has 8 heteroatoms. The highest BCUT2D eigenvalue weighted by atomic mass is 32.2. The summed E-state index contributed by atoms with van der Waals surface area (Å²) < 4.78 is 30.5. The molecule has 126 valence electrons. The van der Waals surface area contributed by atoms with Crippen LogP contribution in [-0.4, -0.2) is 37.8 Å². The van der Waals surface area contributed by atoms with Crippen LogP contribution in [0.15, 0.2) is 29.2 Å². The molecule has 1 heterocycles. The van der Waals surface area contributed by atoms with Crippen LogP contribution in [0.3, 0.4) is 0 Å². The first-order chi connectivity index (χ1) is 11.4. The second-order valence-electron chi connectivity index (χ2n) is 5.92. The number of hydrogen-bond donors (Lipinski definition) is 0. The Hall–Kier alpha value is -2.40. The summed E-state index contributed by atoms with van der Waals surface area (Å²) in [6.45, 7) is -0.523. The molecule has 2 aliphatic rings. The minimum atomic E-state index is -3.91. The topological polar surface area (TPSA) is 105 Å². The summed E-state index contributed by atoms with van der Waals surface area (Å²) in [7, 11) is -3.91. The molecule has 0 saturated heterocycles. The molecule has 0 aromatic heterocycles. The van der Waals surface area contributed by atoms with Crippen LogP contribution >= 0.6 is 0 Å². The summed E-state index contributed by atoms with van der Waals surface area (Å²) in [4.78, 5) is 24.3. The van der Waals surface area contributed by atoms with Crippen LogP contribution in [0.25, 0.3) is 0 Å². The van der Waals surface area contributed by atoms with Crippen LogP contribution in [0.4, 0.5) is 0 Å². The first-order valence-electron chi connectivity index (χ1n) is 7.67. The summed E-state index contributed by atoms with van der Waals surface area (Å²) in [5.41, 5.74) is -1.01. The molecule has 1 aromatic carbocycles. The summed E-state index contributed by atoms with van der Waals surface area (Å²) in [5.74, 6) is -1.26. The number of sulfonamides is 1. The lowest BCUT2D eigenvalue weighted by atomic mass is 9.88. The molecule has 0 radical (unpaired) electrons. The third-order valence-corrected chi connectivity index (χ3v) is 6.34. The Morgan fingerprint density at radius 1 is 1.29 bits per heavy atom. The second kappa shape index (κ2) is 5.91. The monoisotopic (exact) mass is 348 g/mol. The smallest absolute Gasteiger partial charge is 0.326 e. The van der Waals surface area contributed by atoms with E-state index in [1.807, 2.05) is 6.07 Å². The van der Waals surface area contributed by atoms with Crippen molar-refractivity contribution in [3.63, 3.8) is 0 Å². The van der Waals surface area contributed by atoms with E-state index in [2.05, 4.69) is 0 Å². The third-order valence-electron chi connectivity index (χ3n) is 4.50. The van der Waals surface area contributed by atoms with Gasteiger partial charge in [-0.1, -0.05) is 25.0 Å². The SMILES string of the molecule is N#CC1(C(=O)OCCN2C(=O)c3ccccc3S2(=O)=O)CCCC1. The number of carbonyl (C=O) groups excluding carboxylic acids is 2. The van der Waals surface area contributed by atoms with Gasteiger partial charge in [-0.15, -0.1) is 0 Å². The van der Waals surface area contributed by atoms with Crippen molar-refractivity contribution in [3.8, 4) is 6.07 Å². The fraction of sp³-hybridized carbons (Fsp3) is 0.438. The molecule has 1 saturated carbocycles. The van der Waals surface area contributed by atoms with Crippen LogP contribution in [0.5, 0.6) is 0 Å². The normalized spacial score (nSPS) is 20.5. The number of nitrogens with zero attached hydrogens (tertiary/aromatic N) is 2. The molecule has 1 amide bonds. The van der Waals surface area contributed by atoms with Crippen LogP contribution in [0, 0.1) is 16.7 Å². The van der Waals surface area contributed by atoms with Crippen LogP contribution in [0.1, 0.15) is 36.0 Å². The molecule has 0 spiro atoms. The molecule has 1 aliphatic heterocycles. The van der Waals surface area contributed by atoms with Gasteiger partial charge in [0.15, 0.2) is 5.41 Å². The Kier molecular flexibility index (Phi) is 4.05. The Morgan fingerprint density at radius 3 is 2.58 bits per heavy atom. The lowest BCUT2D eigenvalue weighted by Crippen LogP contribution is -2.35. The van der Waals surface area contributed by atoms with Crippen molar-refractivity contribution in [2.75, 3.05) is 13.2 Å². The molecule has 1 fully saturated rings. The number of benzene rings is 1. The molecular formula is C16H16N2O5S. The minimum absolute atomic E-state index is 0.0365. The lowest BCUT2D eigenvalue weighted by Gasteiger charge is -2.20. The molecule has 0 bridgehead atoms. The van der Waals surface area contributed by atoms with E-state index < -0.39 is 27.3 Å². The fourth-order valence-corrected chi connectivity index (χ4v) is 4.70. The molecule has 0 atom stereocenters. The Bertz CT molecular complexity index is 834. The van der Waals surface area contributed by atoms with Crippen molar-refractivity contribution in [1.29, 1.82) is 5.26 Å². The first kappa shape index (κ1) is 16.5. The third kappa shape index (κ3) is 2.45. The maximum atomic E-state index is 12.4. The van der Waals surface area contributed by atoms with Gasteiger partial charge in [0.1, 0.15) is 11.5 Å². The maximum absolute atomic E-state index is 12.4. The van der Waals surface area contributed by atoms with Gasteiger partial charge in [0.25, 0.3) is 15.9 Å². The zero-order valence-electron chi connectivity index (χ0n) is 12.9. The van der Waals surface area contributed by atoms with Gasteiger partial charge in [-0.05, 0) is 25.0 Å². The predicted octanol–water partition coefficient (Wildman–Crippen LogP) is 1.46. The van der Waals surface area contributed by atoms with E-state index in [4.69, 9.17) is 4.74 Å². The van der Waals surface area contributed by atoms with Crippen molar-refractivity contribution < 1.29 is 22.7 Å². The number of rotatable bonds is 4. The Balaban J connectivity index is 1.67. The van der Waals surface area contributed by atoms with Gasteiger partial charge >= 0.3 is 5.97 Å². The number of esters is 1. The number of fused-ring (bicyclic) bond motifs is 1. The fourth-order valence-electron chi connectivity index (χ4n) is 3.15. The quantitative estimate of drug-likeness (QED) is 0.763. The van der Waals surface area contributed by atoms with Gasteiger partial charge in [-0.2, -0.15) is 5.26 Å². The maximum Gasteiger partial charge on any atom is 0.326 e. The van der Waals surface area contributed by atoms with Crippen molar-refractivity contribution in [3.05, 3.63) is 29.8 Å². The summed E-state index contributed by atoms with van der Waals surface area (Å²) >= 11 is 0. The zero-order valence-corrected chi connectivity index (χ0v) is 13.7. The van der Waals surface area contributed by atoms with Gasteiger partial charge < -0.3 is 4.74 Å². The van der Waals surface area contributed by atoms with Crippen molar-refractivity contribution in [1.82, 2.24) is 4.31 Å².